The molecule has 0 aromatic heterocycles. The van der Waals surface area contributed by atoms with Gasteiger partial charge in [0.15, 0.2) is 0 Å². The summed E-state index contributed by atoms with van der Waals surface area (Å²) in [6, 6.07) is 0.0349. The third-order valence-corrected chi connectivity index (χ3v) is 4.57. The molecular weight excluding hydrogens is 228 g/mol. The molecular formula is C13H18N4O. The molecule has 18 heavy (non-hydrogen) atoms. The van der Waals surface area contributed by atoms with E-state index in [1.54, 1.807) is 4.90 Å². The summed E-state index contributed by atoms with van der Waals surface area (Å²) in [5, 5.41) is 0. The predicted octanol–water partition coefficient (Wildman–Crippen LogP) is 0.409. The maximum Gasteiger partial charge on any atom is 0.346 e. The molecule has 0 radical (unpaired) electrons. The van der Waals surface area contributed by atoms with Crippen LogP contribution >= 0.6 is 0 Å². The van der Waals surface area contributed by atoms with E-state index in [9.17, 15) is 4.79 Å². The third kappa shape index (κ3) is 1.33. The van der Waals surface area contributed by atoms with Crippen LogP contribution < -0.4 is 5.73 Å². The Labute approximate surface area is 107 Å². The van der Waals surface area contributed by atoms with Crippen LogP contribution in [0.15, 0.2) is 4.99 Å². The molecule has 0 saturated carbocycles. The number of terminal acetylenes is 1. The molecule has 2 amide bonds. The summed E-state index contributed by atoms with van der Waals surface area (Å²) in [5.41, 5.74) is 5.66. The van der Waals surface area contributed by atoms with Crippen molar-refractivity contribution in [1.82, 2.24) is 9.80 Å². The Morgan fingerprint density at radius 2 is 2.33 bits per heavy atom. The highest BCUT2D eigenvalue weighted by molar-refractivity contribution is 6.06. The zero-order valence-electron chi connectivity index (χ0n) is 10.4. The average Bonchev–Trinajstić information content (AvgIpc) is 2.86. The highest BCUT2D eigenvalue weighted by Crippen LogP contribution is 2.42. The van der Waals surface area contributed by atoms with Gasteiger partial charge in [-0.3, -0.25) is 9.80 Å². The topological polar surface area (TPSA) is 61.9 Å². The highest BCUT2D eigenvalue weighted by atomic mass is 16.2. The Hall–Kier alpha value is -1.54. The number of carbonyl (C=O) groups is 1. The summed E-state index contributed by atoms with van der Waals surface area (Å²) >= 11 is 0. The van der Waals surface area contributed by atoms with Crippen LogP contribution in [0.4, 0.5) is 4.79 Å². The maximum atomic E-state index is 12.0. The van der Waals surface area contributed by atoms with E-state index in [2.05, 4.69) is 15.8 Å². The number of amides is 2. The second-order valence-corrected chi connectivity index (χ2v) is 5.29. The van der Waals surface area contributed by atoms with E-state index in [0.717, 1.165) is 25.9 Å². The Balaban J connectivity index is 1.99. The van der Waals surface area contributed by atoms with Crippen LogP contribution in [0, 0.1) is 12.3 Å². The second-order valence-electron chi connectivity index (χ2n) is 5.29. The van der Waals surface area contributed by atoms with Crippen molar-refractivity contribution in [3.63, 3.8) is 0 Å². The van der Waals surface area contributed by atoms with Crippen molar-refractivity contribution in [1.29, 1.82) is 0 Å². The molecule has 2 N–H and O–H groups in total. The minimum atomic E-state index is -0.427. The number of piperidine rings is 1. The summed E-state index contributed by atoms with van der Waals surface area (Å²) in [6.45, 7) is 2.38. The summed E-state index contributed by atoms with van der Waals surface area (Å²) in [4.78, 5) is 20.1. The fraction of sp³-hybridized carbons (Fsp3) is 0.692. The van der Waals surface area contributed by atoms with Crippen LogP contribution in [0.5, 0.6) is 0 Å². The number of carbonyl (C=O) groups excluding carboxylic acids is 1. The molecule has 5 nitrogen and oxygen atoms in total. The molecule has 2 atom stereocenters. The highest BCUT2D eigenvalue weighted by Gasteiger charge is 2.58. The average molecular weight is 246 g/mol. The van der Waals surface area contributed by atoms with Gasteiger partial charge < -0.3 is 5.73 Å². The SMILES string of the molecule is C#CCN1C(=O)N=C(N)C12CCN1CCCCC12. The van der Waals surface area contributed by atoms with Crippen LogP contribution in [0.3, 0.4) is 0 Å². The maximum absolute atomic E-state index is 12.0. The standard InChI is InChI=1S/C13H18N4O/c1-2-7-17-12(18)15-11(14)13(17)6-9-16-8-4-3-5-10(13)16/h1,10H,3-9H2,(H2,14,15,18). The van der Waals surface area contributed by atoms with E-state index < -0.39 is 5.54 Å². The largest absolute Gasteiger partial charge is 0.385 e. The molecule has 3 aliphatic rings. The zero-order chi connectivity index (χ0) is 12.8. The molecule has 96 valence electrons. The fourth-order valence-electron chi connectivity index (χ4n) is 3.76. The first kappa shape index (κ1) is 11.5. The summed E-state index contributed by atoms with van der Waals surface area (Å²) < 4.78 is 0. The number of nitrogens with two attached hydrogens (primary N) is 1. The van der Waals surface area contributed by atoms with E-state index >= 15 is 0 Å². The van der Waals surface area contributed by atoms with E-state index in [-0.39, 0.29) is 6.03 Å². The van der Waals surface area contributed by atoms with Crippen LogP contribution in [0.25, 0.3) is 0 Å². The molecule has 2 unspecified atom stereocenters. The quantitative estimate of drug-likeness (QED) is 0.682. The van der Waals surface area contributed by atoms with Crippen molar-refractivity contribution in [2.75, 3.05) is 19.6 Å². The van der Waals surface area contributed by atoms with Crippen molar-refractivity contribution >= 4 is 11.9 Å². The number of nitrogens with zero attached hydrogens (tertiary/aromatic N) is 3. The Kier molecular flexibility index (Phi) is 2.56. The molecule has 0 bridgehead atoms. The lowest BCUT2D eigenvalue weighted by Gasteiger charge is -2.42. The molecule has 2 saturated heterocycles. The van der Waals surface area contributed by atoms with Crippen molar-refractivity contribution in [3.8, 4) is 12.3 Å². The lowest BCUT2D eigenvalue weighted by atomic mass is 9.83. The molecule has 0 aromatic carbocycles. The monoisotopic (exact) mass is 246 g/mol. The smallest absolute Gasteiger partial charge is 0.346 e. The van der Waals surface area contributed by atoms with Crippen LogP contribution in [-0.4, -0.2) is 52.9 Å². The molecule has 5 heteroatoms. The minimum absolute atomic E-state index is 0.266. The van der Waals surface area contributed by atoms with Crippen LogP contribution in [-0.2, 0) is 0 Å². The Bertz CT molecular complexity index is 452. The molecule has 0 aromatic rings. The number of fused-ring (bicyclic) bond motifs is 2. The third-order valence-electron chi connectivity index (χ3n) is 4.57. The van der Waals surface area contributed by atoms with E-state index in [1.165, 1.54) is 12.8 Å². The summed E-state index contributed by atoms with van der Waals surface area (Å²) in [6.07, 6.45) is 9.74. The van der Waals surface area contributed by atoms with Gasteiger partial charge in [0.1, 0.15) is 11.4 Å². The number of rotatable bonds is 1. The number of hydrogen-bond acceptors (Lipinski definition) is 3. The molecule has 3 aliphatic heterocycles. The minimum Gasteiger partial charge on any atom is -0.385 e. The zero-order valence-corrected chi connectivity index (χ0v) is 10.4. The van der Waals surface area contributed by atoms with Gasteiger partial charge in [0.05, 0.1) is 6.54 Å². The first-order chi connectivity index (χ1) is 8.70. The van der Waals surface area contributed by atoms with Crippen LogP contribution in [0.1, 0.15) is 25.7 Å². The number of aliphatic imine (C=N–C) groups is 1. The van der Waals surface area contributed by atoms with Gasteiger partial charge in [0, 0.05) is 12.6 Å². The van der Waals surface area contributed by atoms with Crippen molar-refractivity contribution in [2.45, 2.75) is 37.3 Å². The molecule has 1 spiro atoms. The molecule has 3 rings (SSSR count). The number of urea groups is 1. The van der Waals surface area contributed by atoms with E-state index in [0.29, 0.717) is 18.4 Å². The van der Waals surface area contributed by atoms with Gasteiger partial charge in [-0.15, -0.1) is 6.42 Å². The van der Waals surface area contributed by atoms with Crippen LogP contribution in [0.2, 0.25) is 0 Å². The Morgan fingerprint density at radius 1 is 1.50 bits per heavy atom. The molecule has 0 aliphatic carbocycles. The van der Waals surface area contributed by atoms with Gasteiger partial charge in [0.2, 0.25) is 0 Å². The lowest BCUT2D eigenvalue weighted by Crippen LogP contribution is -2.62. The van der Waals surface area contributed by atoms with E-state index in [4.69, 9.17) is 12.2 Å². The van der Waals surface area contributed by atoms with Gasteiger partial charge in [-0.1, -0.05) is 12.3 Å². The van der Waals surface area contributed by atoms with Crippen molar-refractivity contribution in [2.24, 2.45) is 10.7 Å². The second kappa shape index (κ2) is 3.99. The van der Waals surface area contributed by atoms with Gasteiger partial charge in [-0.25, -0.2) is 4.79 Å². The lowest BCUT2D eigenvalue weighted by molar-refractivity contribution is 0.114. The normalized spacial score (nSPS) is 35.7. The first-order valence-electron chi connectivity index (χ1n) is 6.54. The summed E-state index contributed by atoms with van der Waals surface area (Å²) in [5.74, 6) is 3.03. The van der Waals surface area contributed by atoms with Gasteiger partial charge in [0.25, 0.3) is 0 Å². The fourth-order valence-corrected chi connectivity index (χ4v) is 3.76. The van der Waals surface area contributed by atoms with Crippen molar-refractivity contribution < 1.29 is 4.79 Å². The predicted molar refractivity (Wildman–Crippen MR) is 69.1 cm³/mol. The van der Waals surface area contributed by atoms with Crippen molar-refractivity contribution in [3.05, 3.63) is 0 Å². The number of hydrogen-bond donors (Lipinski definition) is 1. The number of amidine groups is 1. The molecule has 2 fully saturated rings. The molecule has 3 heterocycles. The van der Waals surface area contributed by atoms with E-state index in [1.807, 2.05) is 0 Å². The van der Waals surface area contributed by atoms with Gasteiger partial charge in [-0.2, -0.15) is 4.99 Å². The Morgan fingerprint density at radius 3 is 3.11 bits per heavy atom. The van der Waals surface area contributed by atoms with Gasteiger partial charge in [-0.05, 0) is 25.8 Å². The summed E-state index contributed by atoms with van der Waals surface area (Å²) in [7, 11) is 0. The van der Waals surface area contributed by atoms with Gasteiger partial charge >= 0.3 is 6.03 Å². The first-order valence-corrected chi connectivity index (χ1v) is 6.54.